The van der Waals surface area contributed by atoms with E-state index in [4.69, 9.17) is 4.74 Å². The second kappa shape index (κ2) is 13.2. The zero-order valence-electron chi connectivity index (χ0n) is 29.4. The van der Waals surface area contributed by atoms with Crippen LogP contribution in [0.3, 0.4) is 0 Å². The maximum absolute atomic E-state index is 12.5. The quantitative estimate of drug-likeness (QED) is 0.197. The number of nitrogens with one attached hydrogen (secondary N) is 1. The van der Waals surface area contributed by atoms with E-state index in [1.807, 2.05) is 6.92 Å². The van der Waals surface area contributed by atoms with E-state index in [-0.39, 0.29) is 58.4 Å². The minimum Gasteiger partial charge on any atom is -0.395 e. The van der Waals surface area contributed by atoms with Gasteiger partial charge in [0.15, 0.2) is 6.29 Å². The van der Waals surface area contributed by atoms with Crippen molar-refractivity contribution in [3.05, 3.63) is 0 Å². The van der Waals surface area contributed by atoms with Gasteiger partial charge in [0.2, 0.25) is 0 Å². The lowest BCUT2D eigenvalue weighted by Crippen LogP contribution is -2.70. The fraction of sp³-hybridized carbons (Fsp3) is 1.00. The molecule has 7 N–H and O–H groups in total. The van der Waals surface area contributed by atoms with Gasteiger partial charge in [-0.1, -0.05) is 60.8 Å². The number of hydrogen-bond donors (Lipinski definition) is 7. The Morgan fingerprint density at radius 2 is 1.60 bits per heavy atom. The van der Waals surface area contributed by atoms with Crippen LogP contribution in [0.4, 0.5) is 0 Å². The molecule has 5 aliphatic carbocycles. The Hall–Kier alpha value is -0.320. The molecule has 0 amide bonds. The average Bonchev–Trinajstić information content (AvgIpc) is 2.97. The number of rotatable bonds is 8. The molecule has 5 fully saturated rings. The van der Waals surface area contributed by atoms with E-state index >= 15 is 0 Å². The predicted octanol–water partition coefficient (Wildman–Crippen LogP) is 4.14. The molecule has 0 saturated heterocycles. The lowest BCUT2D eigenvalue weighted by molar-refractivity contribution is -0.280. The highest BCUT2D eigenvalue weighted by Crippen LogP contribution is 2.73. The highest BCUT2D eigenvalue weighted by atomic mass is 16.6. The van der Waals surface area contributed by atoms with Crippen LogP contribution in [-0.4, -0.2) is 81.2 Å². The summed E-state index contributed by atoms with van der Waals surface area (Å²) in [6, 6.07) is -0.743. The van der Waals surface area contributed by atoms with Crippen LogP contribution in [0.2, 0.25) is 0 Å². The molecule has 0 aromatic rings. The molecule has 0 spiro atoms. The molecule has 19 atom stereocenters. The van der Waals surface area contributed by atoms with Crippen LogP contribution in [0.15, 0.2) is 0 Å². The van der Waals surface area contributed by atoms with E-state index in [0.29, 0.717) is 23.7 Å². The van der Waals surface area contributed by atoms with Gasteiger partial charge < -0.3 is 35.4 Å². The predicted molar refractivity (Wildman–Crippen MR) is 175 cm³/mol. The fourth-order valence-corrected chi connectivity index (χ4v) is 13.4. The number of methoxy groups -OCH3 is 1. The molecule has 0 aliphatic heterocycles. The van der Waals surface area contributed by atoms with Gasteiger partial charge in [-0.2, -0.15) is 0 Å². The molecule has 0 radical (unpaired) electrons. The highest BCUT2D eigenvalue weighted by Gasteiger charge is 2.70. The first-order valence-electron chi connectivity index (χ1n) is 18.3. The lowest BCUT2D eigenvalue weighted by Gasteiger charge is -2.72. The molecule has 0 aromatic carbocycles. The van der Waals surface area contributed by atoms with E-state index < -0.39 is 36.9 Å². The van der Waals surface area contributed by atoms with Crippen molar-refractivity contribution in [2.45, 2.75) is 143 Å². The monoisotopic (exact) mass is 637 g/mol. The summed E-state index contributed by atoms with van der Waals surface area (Å²) in [6.07, 6.45) is 5.73. The Morgan fingerprint density at radius 3 is 2.22 bits per heavy atom. The number of aliphatic hydroxyl groups excluding tert-OH is 6. The van der Waals surface area contributed by atoms with Gasteiger partial charge in [-0.3, -0.25) is 5.32 Å². The smallest absolute Gasteiger partial charge is 0.171 e. The van der Waals surface area contributed by atoms with Gasteiger partial charge in [0.25, 0.3) is 0 Å². The first kappa shape index (κ1) is 36.0. The van der Waals surface area contributed by atoms with Gasteiger partial charge >= 0.3 is 0 Å². The van der Waals surface area contributed by atoms with Crippen LogP contribution in [0, 0.1) is 75.4 Å². The van der Waals surface area contributed by atoms with Crippen molar-refractivity contribution in [2.75, 3.05) is 13.7 Å². The van der Waals surface area contributed by atoms with Crippen LogP contribution in [-0.2, 0) is 4.74 Å². The van der Waals surface area contributed by atoms with Gasteiger partial charge in [0.1, 0.15) is 6.23 Å². The molecular weight excluding hydrogens is 570 g/mol. The number of fused-ring (bicyclic) bond motifs is 3. The first-order chi connectivity index (χ1) is 21.0. The van der Waals surface area contributed by atoms with Gasteiger partial charge in [-0.15, -0.1) is 0 Å². The zero-order valence-corrected chi connectivity index (χ0v) is 29.4. The summed E-state index contributed by atoms with van der Waals surface area (Å²) in [7, 11) is 1.39. The molecule has 262 valence electrons. The van der Waals surface area contributed by atoms with E-state index in [9.17, 15) is 30.6 Å². The third-order valence-corrected chi connectivity index (χ3v) is 15.4. The third kappa shape index (κ3) is 5.87. The summed E-state index contributed by atoms with van der Waals surface area (Å²) < 4.78 is 4.99. The second-order valence-electron chi connectivity index (χ2n) is 17.8. The number of ether oxygens (including phenoxy) is 1. The van der Waals surface area contributed by atoms with Crippen molar-refractivity contribution >= 4 is 0 Å². The average molecular weight is 638 g/mol. The molecule has 0 heterocycles. The van der Waals surface area contributed by atoms with Crippen LogP contribution < -0.4 is 5.32 Å². The topological polar surface area (TPSA) is 143 Å². The van der Waals surface area contributed by atoms with Gasteiger partial charge in [0.05, 0.1) is 31.0 Å². The molecule has 0 aromatic heterocycles. The molecule has 45 heavy (non-hydrogen) atoms. The summed E-state index contributed by atoms with van der Waals surface area (Å²) in [5.41, 5.74) is -0.522. The molecule has 5 saturated carbocycles. The van der Waals surface area contributed by atoms with Crippen LogP contribution in [0.25, 0.3) is 0 Å². The molecule has 0 bridgehead atoms. The first-order valence-corrected chi connectivity index (χ1v) is 18.3. The largest absolute Gasteiger partial charge is 0.395 e. The van der Waals surface area contributed by atoms with Crippen molar-refractivity contribution in [1.82, 2.24) is 5.32 Å². The Kier molecular flexibility index (Phi) is 10.5. The molecule has 8 nitrogen and oxygen atoms in total. The Bertz CT molecular complexity index is 1010. The Labute approximate surface area is 272 Å². The fourth-order valence-electron chi connectivity index (χ4n) is 13.4. The number of hydrogen-bond acceptors (Lipinski definition) is 8. The molecule has 18 unspecified atom stereocenters. The maximum atomic E-state index is 12.5. The van der Waals surface area contributed by atoms with Crippen molar-refractivity contribution in [2.24, 2.45) is 75.4 Å². The van der Waals surface area contributed by atoms with Crippen molar-refractivity contribution < 1.29 is 35.4 Å². The normalized spacial score (nSPS) is 52.9. The van der Waals surface area contributed by atoms with E-state index in [0.717, 1.165) is 57.8 Å². The minimum absolute atomic E-state index is 0.0397. The van der Waals surface area contributed by atoms with E-state index in [1.54, 1.807) is 0 Å². The molecule has 5 aliphatic rings. The van der Waals surface area contributed by atoms with Gasteiger partial charge in [-0.05, 0) is 110 Å². The number of aliphatic hydroxyl groups is 6. The molecule has 8 heteroatoms. The summed E-state index contributed by atoms with van der Waals surface area (Å²) in [6.45, 7) is 15.5. The van der Waals surface area contributed by atoms with Crippen LogP contribution in [0.1, 0.15) is 106 Å². The van der Waals surface area contributed by atoms with E-state index in [1.165, 1.54) is 7.11 Å². The zero-order chi connectivity index (χ0) is 33.2. The SMILES string of the molecule is COC(O)C(CO)NC(O)C1CCCC(C2CCC(C)C3C(O)C4C(C)[C@]5(C)C(O)C(C(C)O)C(C)CC5(C)CC4(C)CC23)C1. The third-order valence-electron chi connectivity index (χ3n) is 15.4. The standard InChI is InChI=1S/C37H67NO7/c1-19-12-13-25(23-10-9-11-24(14-23)33(43)38-27(17-39)34(44)45-8)26-16-35(5)18-36(6)15-20(2)28(22(4)40)32(42)37(36,7)21(3)30(35)31(41)29(19)26/h19-34,38-44H,9-18H2,1-8H3/t19?,20?,21?,22?,23?,24?,25?,26?,27?,28?,29?,30?,31?,32?,33?,34?,35?,36?,37-/m1/s1. The Balaban J connectivity index is 1.40. The van der Waals surface area contributed by atoms with Crippen LogP contribution >= 0.6 is 0 Å². The molecule has 5 rings (SSSR count). The molecular formula is C37H67NO7. The summed E-state index contributed by atoms with van der Waals surface area (Å²) in [5.74, 6) is 2.39. The van der Waals surface area contributed by atoms with Crippen LogP contribution in [0.5, 0.6) is 0 Å². The van der Waals surface area contributed by atoms with Crippen molar-refractivity contribution in [3.8, 4) is 0 Å². The lowest BCUT2D eigenvalue weighted by atomic mass is 9.34. The van der Waals surface area contributed by atoms with Crippen molar-refractivity contribution in [3.63, 3.8) is 0 Å². The van der Waals surface area contributed by atoms with Crippen molar-refractivity contribution in [1.29, 1.82) is 0 Å². The minimum atomic E-state index is -1.19. The van der Waals surface area contributed by atoms with Gasteiger partial charge in [0, 0.05) is 18.4 Å². The second-order valence-corrected chi connectivity index (χ2v) is 17.8. The Morgan fingerprint density at radius 1 is 0.911 bits per heavy atom. The highest BCUT2D eigenvalue weighted by molar-refractivity contribution is 5.18. The summed E-state index contributed by atoms with van der Waals surface area (Å²) >= 11 is 0. The van der Waals surface area contributed by atoms with Gasteiger partial charge in [-0.25, -0.2) is 0 Å². The van der Waals surface area contributed by atoms with E-state index in [2.05, 4.69) is 46.9 Å². The summed E-state index contributed by atoms with van der Waals surface area (Å²) in [5, 5.41) is 69.4. The maximum Gasteiger partial charge on any atom is 0.171 e. The summed E-state index contributed by atoms with van der Waals surface area (Å²) in [4.78, 5) is 0.